The van der Waals surface area contributed by atoms with Gasteiger partial charge in [0.15, 0.2) is 0 Å². The molecular weight excluding hydrogens is 598 g/mol. The summed E-state index contributed by atoms with van der Waals surface area (Å²) in [7, 11) is 2.27. The van der Waals surface area contributed by atoms with Crippen LogP contribution in [0.4, 0.5) is 0 Å². The number of ether oxygens (including phenoxy) is 2. The zero-order valence-electron chi connectivity index (χ0n) is 22.1. The van der Waals surface area contributed by atoms with E-state index in [-0.39, 0.29) is 41.1 Å². The Morgan fingerprint density at radius 2 is 1.54 bits per heavy atom. The van der Waals surface area contributed by atoms with Crippen LogP contribution >= 0.6 is 22.7 Å². The first kappa shape index (κ1) is 29.7. The second kappa shape index (κ2) is 12.5. The second-order valence-corrected chi connectivity index (χ2v) is 12.2. The molecule has 39 heavy (non-hydrogen) atoms. The third-order valence-electron chi connectivity index (χ3n) is 7.87. The first-order valence-electron chi connectivity index (χ1n) is 13.1. The molecule has 208 valence electrons. The summed E-state index contributed by atoms with van der Waals surface area (Å²) in [5.74, 6) is -0.758. The summed E-state index contributed by atoms with van der Waals surface area (Å²) < 4.78 is 11.9. The van der Waals surface area contributed by atoms with Gasteiger partial charge in [0.05, 0.1) is 23.4 Å². The highest BCUT2D eigenvalue weighted by Gasteiger charge is 2.51. The van der Waals surface area contributed by atoms with Crippen molar-refractivity contribution in [2.45, 2.75) is 62.9 Å². The molecule has 0 amide bonds. The van der Waals surface area contributed by atoms with Crippen molar-refractivity contribution < 1.29 is 45.6 Å². The minimum Gasteiger partial charge on any atom is -1.00 e. The number of esters is 2. The highest BCUT2D eigenvalue weighted by Crippen LogP contribution is 2.42. The van der Waals surface area contributed by atoms with Crippen LogP contribution in [0, 0.1) is 0 Å². The summed E-state index contributed by atoms with van der Waals surface area (Å²) in [5.41, 5.74) is 0.589. The fourth-order valence-corrected chi connectivity index (χ4v) is 7.43. The molecule has 6 nitrogen and oxygen atoms in total. The Balaban J connectivity index is 0.00000353. The number of likely N-dealkylation sites (N-methyl/N-ethyl adjacent to an activating group) is 1. The Morgan fingerprint density at radius 1 is 0.974 bits per heavy atom. The fourth-order valence-electron chi connectivity index (χ4n) is 5.71. The van der Waals surface area contributed by atoms with Crippen LogP contribution in [0.2, 0.25) is 0 Å². The van der Waals surface area contributed by atoms with E-state index in [4.69, 9.17) is 9.47 Å². The molecule has 0 aliphatic carbocycles. The van der Waals surface area contributed by atoms with Gasteiger partial charge in [0, 0.05) is 24.8 Å². The van der Waals surface area contributed by atoms with Gasteiger partial charge < -0.3 is 36.0 Å². The van der Waals surface area contributed by atoms with Crippen LogP contribution in [0.15, 0.2) is 71.4 Å². The lowest BCUT2D eigenvalue weighted by molar-refractivity contribution is -0.957. The molecule has 2 bridgehead atoms. The molecule has 1 unspecified atom stereocenters. The van der Waals surface area contributed by atoms with Crippen molar-refractivity contribution >= 4 is 34.6 Å². The first-order chi connectivity index (χ1) is 18.3. The van der Waals surface area contributed by atoms with Crippen LogP contribution in [-0.4, -0.2) is 53.4 Å². The average Bonchev–Trinajstić information content (AvgIpc) is 3.66. The summed E-state index contributed by atoms with van der Waals surface area (Å²) in [4.78, 5) is 26.3. The minimum atomic E-state index is -1.78. The van der Waals surface area contributed by atoms with E-state index in [9.17, 15) is 14.7 Å². The first-order valence-corrected chi connectivity index (χ1v) is 14.9. The number of nitrogens with zero attached hydrogens (tertiary/aromatic N) is 1. The normalized spacial score (nSPS) is 23.7. The van der Waals surface area contributed by atoms with Gasteiger partial charge in [0.25, 0.3) is 0 Å². The summed E-state index contributed by atoms with van der Waals surface area (Å²) >= 11 is 2.72. The standard InChI is InChI=1S/C30H34NO5S2.BrH/c1-3-35-28(32)15-12-21-8-10-22(11-9-21)20-31(2)23-13-14-24(31)19-25(18-23)36-29(33)30(34,26-6-4-16-37-26)27-7-5-17-38-27;/h4-11,13-14,16-17,23-25,34H,3,12,15,18-20H2,1-2H3;1H/q+1;/p-1/t23-,24+,25+,31?;. The Bertz CT molecular complexity index is 1220. The Hall–Kier alpha value is -2.30. The summed E-state index contributed by atoms with van der Waals surface area (Å²) in [6.45, 7) is 3.10. The molecule has 9 heteroatoms. The number of carbonyl (C=O) groups is 2. The smallest absolute Gasteiger partial charge is 0.349 e. The number of thiophene rings is 2. The number of carbonyl (C=O) groups excluding carboxylic acids is 2. The molecule has 0 radical (unpaired) electrons. The minimum absolute atomic E-state index is 0. The predicted octanol–water partition coefficient (Wildman–Crippen LogP) is 2.20. The van der Waals surface area contributed by atoms with Crippen molar-refractivity contribution in [1.29, 1.82) is 0 Å². The van der Waals surface area contributed by atoms with Crippen molar-refractivity contribution in [3.63, 3.8) is 0 Å². The molecule has 5 rings (SSSR count). The lowest BCUT2D eigenvalue weighted by atomic mass is 9.93. The Labute approximate surface area is 248 Å². The molecule has 3 aromatic rings. The van der Waals surface area contributed by atoms with Crippen molar-refractivity contribution in [2.24, 2.45) is 0 Å². The van der Waals surface area contributed by atoms with Crippen LogP contribution in [0.25, 0.3) is 0 Å². The molecule has 1 saturated heterocycles. The van der Waals surface area contributed by atoms with Gasteiger partial charge >= 0.3 is 11.9 Å². The molecule has 0 spiro atoms. The number of piperidine rings is 1. The van der Waals surface area contributed by atoms with Crippen LogP contribution in [-0.2, 0) is 37.6 Å². The molecule has 0 saturated carbocycles. The van der Waals surface area contributed by atoms with Crippen LogP contribution in [0.1, 0.15) is 47.1 Å². The quantitative estimate of drug-likeness (QED) is 0.211. The Kier molecular flexibility index (Phi) is 9.49. The van der Waals surface area contributed by atoms with E-state index in [1.54, 1.807) is 12.1 Å². The van der Waals surface area contributed by atoms with Crippen molar-refractivity contribution in [3.05, 3.63) is 92.3 Å². The molecule has 4 heterocycles. The van der Waals surface area contributed by atoms with E-state index in [0.29, 0.717) is 29.2 Å². The fraction of sp³-hybridized carbons (Fsp3) is 0.400. The lowest BCUT2D eigenvalue weighted by Gasteiger charge is -2.47. The lowest BCUT2D eigenvalue weighted by Crippen LogP contribution is -3.00. The van der Waals surface area contributed by atoms with E-state index >= 15 is 0 Å². The van der Waals surface area contributed by atoms with E-state index in [0.717, 1.165) is 29.4 Å². The number of hydrogen-bond donors (Lipinski definition) is 1. The predicted molar refractivity (Wildman–Crippen MR) is 149 cm³/mol. The van der Waals surface area contributed by atoms with E-state index in [1.165, 1.54) is 28.2 Å². The highest BCUT2D eigenvalue weighted by atomic mass is 79.9. The molecule has 1 fully saturated rings. The molecule has 2 aliphatic rings. The molecule has 1 N–H and O–H groups in total. The molecular formula is C30H34BrNO5S2. The van der Waals surface area contributed by atoms with E-state index in [1.807, 2.05) is 29.8 Å². The molecule has 2 aromatic heterocycles. The highest BCUT2D eigenvalue weighted by molar-refractivity contribution is 7.12. The maximum atomic E-state index is 13.5. The van der Waals surface area contributed by atoms with Crippen molar-refractivity contribution in [3.8, 4) is 0 Å². The maximum Gasteiger partial charge on any atom is 0.349 e. The zero-order valence-corrected chi connectivity index (χ0v) is 25.3. The topological polar surface area (TPSA) is 72.8 Å². The number of hydrogen-bond acceptors (Lipinski definition) is 7. The van der Waals surface area contributed by atoms with Gasteiger partial charge in [0.2, 0.25) is 5.60 Å². The van der Waals surface area contributed by atoms with Gasteiger partial charge in [-0.2, -0.15) is 0 Å². The van der Waals surface area contributed by atoms with Gasteiger partial charge in [-0.25, -0.2) is 4.79 Å². The molecule has 1 aromatic carbocycles. The summed E-state index contributed by atoms with van der Waals surface area (Å²) in [6.07, 6.45) is 6.77. The van der Waals surface area contributed by atoms with Gasteiger partial charge in [-0.1, -0.05) is 36.4 Å². The van der Waals surface area contributed by atoms with Crippen LogP contribution in [0.5, 0.6) is 0 Å². The van der Waals surface area contributed by atoms with Gasteiger partial charge in [0.1, 0.15) is 24.7 Å². The average molecular weight is 633 g/mol. The zero-order chi connectivity index (χ0) is 26.8. The third-order valence-corrected chi connectivity index (χ3v) is 9.83. The van der Waals surface area contributed by atoms with Gasteiger partial charge in [-0.05, 0) is 54.0 Å². The number of quaternary nitrogens is 1. The number of aryl methyl sites for hydroxylation is 1. The number of fused-ring (bicyclic) bond motifs is 2. The van der Waals surface area contributed by atoms with E-state index < -0.39 is 11.6 Å². The number of rotatable bonds is 10. The van der Waals surface area contributed by atoms with Crippen molar-refractivity contribution in [1.82, 2.24) is 0 Å². The number of benzene rings is 1. The number of aliphatic hydroxyl groups is 1. The Morgan fingerprint density at radius 3 is 2.05 bits per heavy atom. The van der Waals surface area contributed by atoms with Crippen LogP contribution in [0.3, 0.4) is 0 Å². The maximum absolute atomic E-state index is 13.5. The largest absolute Gasteiger partial charge is 1.00 e. The molecule has 4 atom stereocenters. The SMILES string of the molecule is CCOC(=O)CCc1ccc(C[N+]2(C)[C@@H]3C=C[C@H]2C[C@@H](OC(=O)C(O)(c2cccs2)c2cccs2)C3)cc1.[Br-]. The van der Waals surface area contributed by atoms with E-state index in [2.05, 4.69) is 43.5 Å². The number of halogens is 1. The monoisotopic (exact) mass is 631 g/mol. The third kappa shape index (κ3) is 6.07. The second-order valence-electron chi connectivity index (χ2n) is 10.3. The summed E-state index contributed by atoms with van der Waals surface area (Å²) in [6, 6.07) is 16.2. The molecule has 2 aliphatic heterocycles. The van der Waals surface area contributed by atoms with Crippen LogP contribution < -0.4 is 17.0 Å². The van der Waals surface area contributed by atoms with Crippen molar-refractivity contribution in [2.75, 3.05) is 13.7 Å². The van der Waals surface area contributed by atoms with Gasteiger partial charge in [-0.15, -0.1) is 22.7 Å². The summed E-state index contributed by atoms with van der Waals surface area (Å²) in [5, 5.41) is 15.3. The van der Waals surface area contributed by atoms with Gasteiger partial charge in [-0.3, -0.25) is 4.79 Å².